The maximum absolute atomic E-state index is 13.1. The van der Waals surface area contributed by atoms with E-state index in [0.29, 0.717) is 5.01 Å². The van der Waals surface area contributed by atoms with E-state index in [1.807, 2.05) is 12.3 Å². The van der Waals surface area contributed by atoms with Gasteiger partial charge in [0, 0.05) is 17.1 Å². The van der Waals surface area contributed by atoms with Crippen LogP contribution in [0.5, 0.6) is 5.88 Å². The van der Waals surface area contributed by atoms with Crippen molar-refractivity contribution in [1.29, 1.82) is 0 Å². The summed E-state index contributed by atoms with van der Waals surface area (Å²) in [6, 6.07) is 6.96. The van der Waals surface area contributed by atoms with E-state index in [4.69, 9.17) is 16.3 Å². The van der Waals surface area contributed by atoms with Crippen LogP contribution in [0.4, 0.5) is 13.2 Å². The number of rotatable bonds is 6. The van der Waals surface area contributed by atoms with Gasteiger partial charge in [-0.2, -0.15) is 23.0 Å². The summed E-state index contributed by atoms with van der Waals surface area (Å²) in [5.41, 5.74) is -0.108. The lowest BCUT2D eigenvalue weighted by Crippen LogP contribution is -2.28. The van der Waals surface area contributed by atoms with Gasteiger partial charge in [-0.05, 0) is 19.1 Å². The number of benzene rings is 1. The molecule has 2 heterocycles. The maximum atomic E-state index is 13.1. The first-order valence-corrected chi connectivity index (χ1v) is 9.22. The van der Waals surface area contributed by atoms with E-state index in [1.54, 1.807) is 12.1 Å². The topological polar surface area (TPSA) is 69.0 Å². The number of hydrogen-bond acceptors (Lipinski definition) is 5. The smallest absolute Gasteiger partial charge is 0.435 e. The molecular weight excluding hydrogens is 417 g/mol. The number of nitrogens with one attached hydrogen (secondary N) is 1. The fourth-order valence-electron chi connectivity index (χ4n) is 2.25. The maximum Gasteiger partial charge on any atom is 0.435 e. The van der Waals surface area contributed by atoms with Crippen LogP contribution in [-0.4, -0.2) is 27.3 Å². The first-order valence-electron chi connectivity index (χ1n) is 7.96. The fourth-order valence-corrected chi connectivity index (χ4v) is 3.18. The lowest BCUT2D eigenvalue weighted by Gasteiger charge is -2.10. The van der Waals surface area contributed by atoms with Crippen molar-refractivity contribution in [2.75, 3.05) is 6.61 Å². The molecule has 1 amide bonds. The molecule has 0 atom stereocenters. The number of alkyl halides is 3. The Morgan fingerprint density at radius 1 is 1.36 bits per heavy atom. The summed E-state index contributed by atoms with van der Waals surface area (Å²) in [5, 5.41) is 8.87. The van der Waals surface area contributed by atoms with Gasteiger partial charge in [-0.3, -0.25) is 4.79 Å². The van der Waals surface area contributed by atoms with Crippen LogP contribution in [-0.2, 0) is 17.5 Å². The number of ether oxygens (including phenoxy) is 1. The van der Waals surface area contributed by atoms with Crippen molar-refractivity contribution in [3.8, 4) is 11.6 Å². The predicted octanol–water partition coefficient (Wildman–Crippen LogP) is 4.00. The van der Waals surface area contributed by atoms with Crippen molar-refractivity contribution < 1.29 is 22.7 Å². The van der Waals surface area contributed by atoms with E-state index in [1.165, 1.54) is 23.5 Å². The Hall–Kier alpha value is -2.59. The van der Waals surface area contributed by atoms with Crippen LogP contribution in [0.2, 0.25) is 5.02 Å². The lowest BCUT2D eigenvalue weighted by atomic mass is 10.3. The highest BCUT2D eigenvalue weighted by Gasteiger charge is 2.36. The van der Waals surface area contributed by atoms with E-state index in [2.05, 4.69) is 15.4 Å². The second kappa shape index (κ2) is 8.19. The Labute approximate surface area is 166 Å². The Morgan fingerprint density at radius 3 is 2.75 bits per heavy atom. The Bertz CT molecular complexity index is 987. The molecule has 148 valence electrons. The molecule has 0 unspecified atom stereocenters. The third kappa shape index (κ3) is 4.82. The molecule has 0 aliphatic carbocycles. The van der Waals surface area contributed by atoms with E-state index in [0.717, 1.165) is 16.4 Å². The van der Waals surface area contributed by atoms with Gasteiger partial charge in [-0.25, -0.2) is 4.98 Å². The van der Waals surface area contributed by atoms with Crippen LogP contribution in [0.15, 0.2) is 35.7 Å². The molecule has 0 fully saturated rings. The summed E-state index contributed by atoms with van der Waals surface area (Å²) in [5.74, 6) is -0.756. The zero-order valence-corrected chi connectivity index (χ0v) is 16.0. The van der Waals surface area contributed by atoms with E-state index >= 15 is 0 Å². The van der Waals surface area contributed by atoms with E-state index in [9.17, 15) is 18.0 Å². The summed E-state index contributed by atoms with van der Waals surface area (Å²) in [6.07, 6.45) is -4.67. The summed E-state index contributed by atoms with van der Waals surface area (Å²) < 4.78 is 45.4. The number of amides is 1. The molecule has 0 aliphatic rings. The van der Waals surface area contributed by atoms with Gasteiger partial charge >= 0.3 is 6.18 Å². The number of carbonyl (C=O) groups is 1. The summed E-state index contributed by atoms with van der Waals surface area (Å²) in [7, 11) is 0. The van der Waals surface area contributed by atoms with Crippen molar-refractivity contribution in [2.45, 2.75) is 19.6 Å². The molecular formula is C17H14ClF3N4O2S. The first-order chi connectivity index (χ1) is 13.2. The van der Waals surface area contributed by atoms with Gasteiger partial charge in [0.1, 0.15) is 5.01 Å². The van der Waals surface area contributed by atoms with E-state index in [-0.39, 0.29) is 23.1 Å². The highest BCUT2D eigenvalue weighted by Crippen LogP contribution is 2.33. The number of nitrogens with zero attached hydrogens (tertiary/aromatic N) is 3. The number of para-hydroxylation sites is 1. The molecule has 2 aromatic heterocycles. The normalized spacial score (nSPS) is 11.5. The van der Waals surface area contributed by atoms with Crippen LogP contribution in [0.1, 0.15) is 16.4 Å². The van der Waals surface area contributed by atoms with Crippen LogP contribution in [0, 0.1) is 6.92 Å². The minimum atomic E-state index is -4.67. The van der Waals surface area contributed by atoms with Gasteiger partial charge in [0.25, 0.3) is 5.91 Å². The summed E-state index contributed by atoms with van der Waals surface area (Å²) >= 11 is 7.45. The molecule has 0 bridgehead atoms. The molecule has 6 nitrogen and oxygen atoms in total. The number of halogens is 4. The fraction of sp³-hybridized carbons (Fsp3) is 0.235. The minimum absolute atomic E-state index is 0.188. The summed E-state index contributed by atoms with van der Waals surface area (Å²) in [6.45, 7) is 1.55. The molecule has 0 aliphatic heterocycles. The van der Waals surface area contributed by atoms with Crippen molar-refractivity contribution in [2.24, 2.45) is 0 Å². The lowest BCUT2D eigenvalue weighted by molar-refractivity contribution is -0.141. The van der Waals surface area contributed by atoms with Gasteiger partial charge in [-0.15, -0.1) is 11.3 Å². The average Bonchev–Trinajstić information content (AvgIpc) is 3.24. The molecule has 1 aromatic carbocycles. The molecule has 0 spiro atoms. The Kier molecular flexibility index (Phi) is 5.90. The van der Waals surface area contributed by atoms with Crippen molar-refractivity contribution >= 4 is 28.8 Å². The monoisotopic (exact) mass is 430 g/mol. The first kappa shape index (κ1) is 20.2. The largest absolute Gasteiger partial charge is 0.467 e. The van der Waals surface area contributed by atoms with Gasteiger partial charge < -0.3 is 10.1 Å². The predicted molar refractivity (Wildman–Crippen MR) is 97.8 cm³/mol. The molecule has 3 aromatic rings. The summed E-state index contributed by atoms with van der Waals surface area (Å²) in [4.78, 5) is 16.2. The number of aromatic nitrogens is 3. The number of thiazole rings is 1. The molecule has 1 N–H and O–H groups in total. The SMILES string of the molecule is Cc1csc(CNC(=O)COc2cc(C(F)(F)F)nn2-c2ccccc2Cl)n1. The molecule has 28 heavy (non-hydrogen) atoms. The highest BCUT2D eigenvalue weighted by atomic mass is 35.5. The second-order valence-electron chi connectivity index (χ2n) is 5.68. The van der Waals surface area contributed by atoms with Gasteiger partial charge in [0.05, 0.1) is 17.3 Å². The Balaban J connectivity index is 1.74. The average molecular weight is 431 g/mol. The zero-order valence-electron chi connectivity index (χ0n) is 14.5. The van der Waals surface area contributed by atoms with Crippen LogP contribution in [0.25, 0.3) is 5.69 Å². The standard InChI is InChI=1S/C17H14ClF3N4O2S/c1-10-9-28-15(23-10)7-22-14(26)8-27-16-6-13(17(19,20)21)24-25(16)12-5-3-2-4-11(12)18/h2-6,9H,7-8H2,1H3,(H,22,26). The third-order valence-electron chi connectivity index (χ3n) is 3.50. The van der Waals surface area contributed by atoms with E-state index < -0.39 is 24.4 Å². The zero-order chi connectivity index (χ0) is 20.3. The third-order valence-corrected chi connectivity index (χ3v) is 4.79. The van der Waals surface area contributed by atoms with Crippen LogP contribution in [0.3, 0.4) is 0 Å². The van der Waals surface area contributed by atoms with Gasteiger partial charge in [0.15, 0.2) is 12.3 Å². The quantitative estimate of drug-likeness (QED) is 0.641. The molecule has 3 rings (SSSR count). The minimum Gasteiger partial charge on any atom is -0.467 e. The number of aryl methyl sites for hydroxylation is 1. The molecule has 11 heteroatoms. The second-order valence-corrected chi connectivity index (χ2v) is 7.03. The number of hydrogen-bond donors (Lipinski definition) is 1. The number of carbonyl (C=O) groups excluding carboxylic acids is 1. The molecule has 0 saturated heterocycles. The highest BCUT2D eigenvalue weighted by molar-refractivity contribution is 7.09. The molecule has 0 radical (unpaired) electrons. The van der Waals surface area contributed by atoms with Crippen LogP contribution >= 0.6 is 22.9 Å². The van der Waals surface area contributed by atoms with Gasteiger partial charge in [-0.1, -0.05) is 23.7 Å². The molecule has 0 saturated carbocycles. The van der Waals surface area contributed by atoms with Crippen molar-refractivity contribution in [1.82, 2.24) is 20.1 Å². The van der Waals surface area contributed by atoms with Gasteiger partial charge in [0.2, 0.25) is 5.88 Å². The van der Waals surface area contributed by atoms with Crippen molar-refractivity contribution in [3.05, 3.63) is 57.1 Å². The Morgan fingerprint density at radius 2 is 2.11 bits per heavy atom. The van der Waals surface area contributed by atoms with Crippen molar-refractivity contribution in [3.63, 3.8) is 0 Å². The van der Waals surface area contributed by atoms with Crippen LogP contribution < -0.4 is 10.1 Å².